The molecule has 0 radical (unpaired) electrons. The molecule has 0 heterocycles. The molecule has 2 nitrogen and oxygen atoms in total. The molecule has 0 unspecified atom stereocenters. The minimum Gasteiger partial charge on any atom is -0.394 e. The molecule has 0 amide bonds. The van der Waals surface area contributed by atoms with E-state index < -0.39 is 8.56 Å². The molecular weight excluding hydrogens is 192 g/mol. The van der Waals surface area contributed by atoms with Gasteiger partial charge < -0.3 is 8.85 Å². The van der Waals surface area contributed by atoms with Crippen molar-refractivity contribution >= 4 is 8.56 Å². The fraction of sp³-hybridized carbons (Fsp3) is 1.00. The summed E-state index contributed by atoms with van der Waals surface area (Å²) in [5.74, 6) is 0. The van der Waals surface area contributed by atoms with Crippen LogP contribution in [-0.2, 0) is 8.85 Å². The van der Waals surface area contributed by atoms with Crippen molar-refractivity contribution in [3.8, 4) is 0 Å². The summed E-state index contributed by atoms with van der Waals surface area (Å²) in [7, 11) is -1.89. The van der Waals surface area contributed by atoms with E-state index >= 15 is 0 Å². The molecule has 86 valence electrons. The number of unbranched alkanes of at least 4 members (excludes halogenated alkanes) is 1. The maximum absolute atomic E-state index is 5.95. The zero-order valence-corrected chi connectivity index (χ0v) is 11.4. The molecule has 0 bridgehead atoms. The summed E-state index contributed by atoms with van der Waals surface area (Å²) >= 11 is 0. The number of hydrogen-bond acceptors (Lipinski definition) is 2. The first-order chi connectivity index (χ1) is 6.63. The van der Waals surface area contributed by atoms with E-state index in [1.54, 1.807) is 0 Å². The second-order valence-electron chi connectivity index (χ2n) is 3.94. The van der Waals surface area contributed by atoms with Crippen molar-refractivity contribution < 1.29 is 8.85 Å². The summed E-state index contributed by atoms with van der Waals surface area (Å²) in [6.45, 7) is 12.4. The zero-order valence-electron chi connectivity index (χ0n) is 10.4. The third-order valence-corrected chi connectivity index (χ3v) is 6.90. The van der Waals surface area contributed by atoms with Gasteiger partial charge in [-0.05, 0) is 25.4 Å². The molecule has 0 rings (SSSR count). The summed E-state index contributed by atoms with van der Waals surface area (Å²) in [4.78, 5) is 0. The van der Waals surface area contributed by atoms with Crippen LogP contribution in [0.2, 0.25) is 11.6 Å². The van der Waals surface area contributed by atoms with Crippen LogP contribution >= 0.6 is 0 Å². The summed E-state index contributed by atoms with van der Waals surface area (Å²) in [6, 6.07) is 1.14. The summed E-state index contributed by atoms with van der Waals surface area (Å²) < 4.78 is 11.9. The second-order valence-corrected chi connectivity index (χ2v) is 7.79. The summed E-state index contributed by atoms with van der Waals surface area (Å²) in [6.07, 6.45) is 2.45. The zero-order chi connectivity index (χ0) is 11.0. The Morgan fingerprint density at radius 1 is 1.00 bits per heavy atom. The van der Waals surface area contributed by atoms with E-state index in [1.807, 2.05) is 0 Å². The first kappa shape index (κ1) is 14.1. The van der Waals surface area contributed by atoms with E-state index in [9.17, 15) is 0 Å². The van der Waals surface area contributed by atoms with Gasteiger partial charge >= 0.3 is 8.56 Å². The van der Waals surface area contributed by atoms with Crippen molar-refractivity contribution in [2.24, 2.45) is 0 Å². The van der Waals surface area contributed by atoms with Crippen LogP contribution in [0.5, 0.6) is 0 Å². The lowest BCUT2D eigenvalue weighted by molar-refractivity contribution is 0.174. The number of hydrogen-bond donors (Lipinski definition) is 0. The van der Waals surface area contributed by atoms with Gasteiger partial charge in [0.15, 0.2) is 0 Å². The first-order valence-corrected chi connectivity index (χ1v) is 8.00. The highest BCUT2D eigenvalue weighted by molar-refractivity contribution is 6.68. The molecule has 0 N–H and O–H groups in total. The molecule has 0 saturated heterocycles. The molecule has 0 fully saturated rings. The first-order valence-electron chi connectivity index (χ1n) is 5.90. The SMILES string of the molecule is CCCC[Si](OCC)(OCC)C(C)C. The van der Waals surface area contributed by atoms with Crippen LogP contribution in [-0.4, -0.2) is 21.8 Å². The molecule has 0 aliphatic rings. The predicted octanol–water partition coefficient (Wildman–Crippen LogP) is 3.71. The topological polar surface area (TPSA) is 18.5 Å². The van der Waals surface area contributed by atoms with Gasteiger partial charge in [-0.1, -0.05) is 33.6 Å². The summed E-state index contributed by atoms with van der Waals surface area (Å²) in [5.41, 5.74) is 0.550. The standard InChI is InChI=1S/C11H26O2Si/c1-6-9-10-14(11(4)5,12-7-2)13-8-3/h11H,6-10H2,1-5H3. The minimum atomic E-state index is -1.89. The monoisotopic (exact) mass is 218 g/mol. The lowest BCUT2D eigenvalue weighted by Gasteiger charge is -2.33. The van der Waals surface area contributed by atoms with Crippen molar-refractivity contribution in [3.05, 3.63) is 0 Å². The average Bonchev–Trinajstić information content (AvgIpc) is 2.14. The Morgan fingerprint density at radius 2 is 1.50 bits per heavy atom. The van der Waals surface area contributed by atoms with Crippen LogP contribution in [0.15, 0.2) is 0 Å². The normalized spacial score (nSPS) is 12.4. The molecule has 0 aromatic heterocycles. The molecule has 0 atom stereocenters. The van der Waals surface area contributed by atoms with Crippen LogP contribution in [0, 0.1) is 0 Å². The summed E-state index contributed by atoms with van der Waals surface area (Å²) in [5, 5.41) is 0. The predicted molar refractivity (Wildman–Crippen MR) is 63.8 cm³/mol. The number of rotatable bonds is 8. The van der Waals surface area contributed by atoms with Crippen molar-refractivity contribution in [2.75, 3.05) is 13.2 Å². The van der Waals surface area contributed by atoms with Crippen LogP contribution in [0.25, 0.3) is 0 Å². The fourth-order valence-electron chi connectivity index (χ4n) is 1.72. The molecule has 3 heteroatoms. The molecule has 0 aromatic carbocycles. The van der Waals surface area contributed by atoms with Crippen LogP contribution in [0.1, 0.15) is 47.5 Å². The van der Waals surface area contributed by atoms with E-state index in [-0.39, 0.29) is 0 Å². The molecule has 14 heavy (non-hydrogen) atoms. The van der Waals surface area contributed by atoms with Crippen molar-refractivity contribution in [1.29, 1.82) is 0 Å². The Morgan fingerprint density at radius 3 is 1.79 bits per heavy atom. The highest BCUT2D eigenvalue weighted by Gasteiger charge is 2.39. The highest BCUT2D eigenvalue weighted by Crippen LogP contribution is 2.29. The minimum absolute atomic E-state index is 0.550. The van der Waals surface area contributed by atoms with Gasteiger partial charge in [0.05, 0.1) is 0 Å². The highest BCUT2D eigenvalue weighted by atomic mass is 28.4. The molecule has 0 aliphatic heterocycles. The van der Waals surface area contributed by atoms with E-state index in [4.69, 9.17) is 8.85 Å². The van der Waals surface area contributed by atoms with Gasteiger partial charge in [0.1, 0.15) is 0 Å². The second kappa shape index (κ2) is 7.43. The maximum Gasteiger partial charge on any atom is 0.340 e. The van der Waals surface area contributed by atoms with Crippen LogP contribution < -0.4 is 0 Å². The Bertz CT molecular complexity index is 131. The third-order valence-electron chi connectivity index (χ3n) is 2.54. The van der Waals surface area contributed by atoms with Crippen LogP contribution in [0.3, 0.4) is 0 Å². The Hall–Kier alpha value is 0.137. The van der Waals surface area contributed by atoms with E-state index in [0.717, 1.165) is 19.3 Å². The molecule has 0 aromatic rings. The lowest BCUT2D eigenvalue weighted by Crippen LogP contribution is -2.45. The Balaban J connectivity index is 4.38. The largest absolute Gasteiger partial charge is 0.394 e. The van der Waals surface area contributed by atoms with Crippen LogP contribution in [0.4, 0.5) is 0 Å². The van der Waals surface area contributed by atoms with E-state index in [0.29, 0.717) is 5.54 Å². The van der Waals surface area contributed by atoms with Crippen molar-refractivity contribution in [3.63, 3.8) is 0 Å². The quantitative estimate of drug-likeness (QED) is 0.578. The third kappa shape index (κ3) is 4.11. The lowest BCUT2D eigenvalue weighted by atomic mass is 10.4. The van der Waals surface area contributed by atoms with Gasteiger partial charge in [0, 0.05) is 13.2 Å². The fourth-order valence-corrected chi connectivity index (χ4v) is 5.16. The van der Waals surface area contributed by atoms with Gasteiger partial charge in [-0.25, -0.2) is 0 Å². The smallest absolute Gasteiger partial charge is 0.340 e. The Kier molecular flexibility index (Phi) is 7.50. The average molecular weight is 218 g/mol. The maximum atomic E-state index is 5.95. The van der Waals surface area contributed by atoms with Crippen molar-refractivity contribution in [2.45, 2.75) is 59.0 Å². The Labute approximate surface area is 90.2 Å². The van der Waals surface area contributed by atoms with Crippen molar-refractivity contribution in [1.82, 2.24) is 0 Å². The molecule has 0 spiro atoms. The van der Waals surface area contributed by atoms with Gasteiger partial charge in [-0.3, -0.25) is 0 Å². The van der Waals surface area contributed by atoms with Gasteiger partial charge in [-0.15, -0.1) is 0 Å². The van der Waals surface area contributed by atoms with Gasteiger partial charge in [0.25, 0.3) is 0 Å². The molecule has 0 saturated carbocycles. The molecular formula is C11H26O2Si. The molecule has 0 aliphatic carbocycles. The van der Waals surface area contributed by atoms with Gasteiger partial charge in [0.2, 0.25) is 0 Å². The van der Waals surface area contributed by atoms with Gasteiger partial charge in [-0.2, -0.15) is 0 Å². The van der Waals surface area contributed by atoms with E-state index in [2.05, 4.69) is 34.6 Å². The van der Waals surface area contributed by atoms with E-state index in [1.165, 1.54) is 12.8 Å².